The number of anilines is 2. The maximum absolute atomic E-state index is 5.81. The average molecular weight is 263 g/mol. The number of nitrogens with zero attached hydrogens (tertiary/aromatic N) is 2. The second-order valence-electron chi connectivity index (χ2n) is 4.10. The predicted octanol–water partition coefficient (Wildman–Crippen LogP) is 2.94. The molecular formula is C13H17N3OS. The van der Waals surface area contributed by atoms with Gasteiger partial charge in [-0.05, 0) is 31.2 Å². The molecule has 1 atom stereocenters. The van der Waals surface area contributed by atoms with Crippen molar-refractivity contribution >= 4 is 22.2 Å². The van der Waals surface area contributed by atoms with E-state index in [4.69, 9.17) is 10.5 Å². The van der Waals surface area contributed by atoms with Gasteiger partial charge in [-0.1, -0.05) is 0 Å². The van der Waals surface area contributed by atoms with Gasteiger partial charge < -0.3 is 15.4 Å². The average Bonchev–Trinajstić information content (AvgIpc) is 2.88. The minimum absolute atomic E-state index is 0.0285. The van der Waals surface area contributed by atoms with E-state index in [1.165, 1.54) is 0 Å². The zero-order valence-corrected chi connectivity index (χ0v) is 11.6. The molecule has 96 valence electrons. The van der Waals surface area contributed by atoms with Crippen LogP contribution < -0.4 is 15.4 Å². The summed E-state index contributed by atoms with van der Waals surface area (Å²) in [4.78, 5) is 6.55. The van der Waals surface area contributed by atoms with E-state index < -0.39 is 0 Å². The molecule has 0 aliphatic rings. The third-order valence-electron chi connectivity index (χ3n) is 2.72. The fourth-order valence-corrected chi connectivity index (χ4v) is 2.47. The molecule has 5 heteroatoms. The third kappa shape index (κ3) is 2.63. The number of hydrogen-bond acceptors (Lipinski definition) is 5. The Labute approximate surface area is 111 Å². The number of nitrogens with two attached hydrogens (primary N) is 1. The number of methoxy groups -OCH3 is 1. The van der Waals surface area contributed by atoms with Crippen molar-refractivity contribution in [2.24, 2.45) is 5.73 Å². The summed E-state index contributed by atoms with van der Waals surface area (Å²) in [7, 11) is 3.65. The van der Waals surface area contributed by atoms with Crippen LogP contribution in [0.4, 0.5) is 10.8 Å². The minimum atomic E-state index is -0.0285. The number of benzene rings is 1. The van der Waals surface area contributed by atoms with Crippen LogP contribution in [0.1, 0.15) is 18.7 Å². The number of rotatable bonds is 4. The molecule has 2 aromatic rings. The molecule has 1 aromatic carbocycles. The highest BCUT2D eigenvalue weighted by molar-refractivity contribution is 7.13. The summed E-state index contributed by atoms with van der Waals surface area (Å²) in [6.07, 6.45) is 0. The molecule has 0 aliphatic carbocycles. The normalized spacial score (nSPS) is 12.2. The molecule has 2 N–H and O–H groups in total. The molecule has 0 spiro atoms. The van der Waals surface area contributed by atoms with Gasteiger partial charge in [-0.3, -0.25) is 0 Å². The zero-order chi connectivity index (χ0) is 13.1. The summed E-state index contributed by atoms with van der Waals surface area (Å²) in [6.45, 7) is 1.94. The first-order valence-corrected chi connectivity index (χ1v) is 6.58. The summed E-state index contributed by atoms with van der Waals surface area (Å²) in [6, 6.07) is 7.86. The molecule has 0 fully saturated rings. The van der Waals surface area contributed by atoms with Gasteiger partial charge in [-0.15, -0.1) is 11.3 Å². The Morgan fingerprint density at radius 2 is 2.00 bits per heavy atom. The van der Waals surface area contributed by atoms with Crippen molar-refractivity contribution < 1.29 is 4.74 Å². The lowest BCUT2D eigenvalue weighted by molar-refractivity contribution is 0.415. The van der Waals surface area contributed by atoms with Crippen LogP contribution >= 0.6 is 11.3 Å². The van der Waals surface area contributed by atoms with Gasteiger partial charge in [-0.25, -0.2) is 4.98 Å². The number of aromatic nitrogens is 1. The highest BCUT2D eigenvalue weighted by Crippen LogP contribution is 2.29. The summed E-state index contributed by atoms with van der Waals surface area (Å²) in [5, 5.41) is 2.94. The van der Waals surface area contributed by atoms with Gasteiger partial charge in [0.1, 0.15) is 5.75 Å². The molecule has 0 bridgehead atoms. The molecule has 2 rings (SSSR count). The topological polar surface area (TPSA) is 51.4 Å². The van der Waals surface area contributed by atoms with Crippen LogP contribution in [-0.2, 0) is 0 Å². The van der Waals surface area contributed by atoms with E-state index in [1.807, 2.05) is 48.5 Å². The Balaban J connectivity index is 2.20. The summed E-state index contributed by atoms with van der Waals surface area (Å²) in [5.74, 6) is 0.850. The molecule has 0 saturated carbocycles. The fraction of sp³-hybridized carbons (Fsp3) is 0.308. The van der Waals surface area contributed by atoms with Gasteiger partial charge in [-0.2, -0.15) is 0 Å². The molecule has 1 heterocycles. The maximum atomic E-state index is 5.81. The van der Waals surface area contributed by atoms with Gasteiger partial charge >= 0.3 is 0 Å². The van der Waals surface area contributed by atoms with Crippen molar-refractivity contribution in [3.63, 3.8) is 0 Å². The molecule has 0 radical (unpaired) electrons. The lowest BCUT2D eigenvalue weighted by Crippen LogP contribution is -2.10. The lowest BCUT2D eigenvalue weighted by Gasteiger charge is -2.16. The van der Waals surface area contributed by atoms with E-state index in [9.17, 15) is 0 Å². The first kappa shape index (κ1) is 12.9. The molecule has 0 saturated heterocycles. The van der Waals surface area contributed by atoms with E-state index in [0.717, 1.165) is 22.3 Å². The fourth-order valence-electron chi connectivity index (χ4n) is 1.56. The molecule has 1 unspecified atom stereocenters. The van der Waals surface area contributed by atoms with Gasteiger partial charge in [0.15, 0.2) is 5.13 Å². The smallest absolute Gasteiger partial charge is 0.189 e. The Kier molecular flexibility index (Phi) is 3.84. The molecule has 4 nitrogen and oxygen atoms in total. The SMILES string of the molecule is COc1ccc(N(C)c2nc(C(C)N)cs2)cc1. The Morgan fingerprint density at radius 1 is 1.33 bits per heavy atom. The van der Waals surface area contributed by atoms with Crippen LogP contribution in [0.15, 0.2) is 29.6 Å². The van der Waals surface area contributed by atoms with Crippen molar-refractivity contribution in [2.75, 3.05) is 19.1 Å². The van der Waals surface area contributed by atoms with E-state index in [-0.39, 0.29) is 6.04 Å². The molecule has 0 amide bonds. The van der Waals surface area contributed by atoms with Crippen LogP contribution in [0.3, 0.4) is 0 Å². The van der Waals surface area contributed by atoms with Crippen molar-refractivity contribution in [1.29, 1.82) is 0 Å². The minimum Gasteiger partial charge on any atom is -0.497 e. The van der Waals surface area contributed by atoms with Crippen molar-refractivity contribution in [1.82, 2.24) is 4.98 Å². The Bertz CT molecular complexity index is 507. The first-order chi connectivity index (χ1) is 8.61. The Hall–Kier alpha value is -1.59. The van der Waals surface area contributed by atoms with Crippen molar-refractivity contribution in [3.05, 3.63) is 35.3 Å². The molecule has 18 heavy (non-hydrogen) atoms. The summed E-state index contributed by atoms with van der Waals surface area (Å²) >= 11 is 1.59. The van der Waals surface area contributed by atoms with Crippen LogP contribution in [-0.4, -0.2) is 19.1 Å². The molecule has 1 aromatic heterocycles. The summed E-state index contributed by atoms with van der Waals surface area (Å²) in [5.41, 5.74) is 7.81. The van der Waals surface area contributed by atoms with Crippen LogP contribution in [0.5, 0.6) is 5.75 Å². The summed E-state index contributed by atoms with van der Waals surface area (Å²) < 4.78 is 5.14. The largest absolute Gasteiger partial charge is 0.497 e. The van der Waals surface area contributed by atoms with Crippen LogP contribution in [0.2, 0.25) is 0 Å². The monoisotopic (exact) mass is 263 g/mol. The van der Waals surface area contributed by atoms with E-state index in [2.05, 4.69) is 4.98 Å². The molecule has 0 aliphatic heterocycles. The highest BCUT2D eigenvalue weighted by Gasteiger charge is 2.11. The van der Waals surface area contributed by atoms with E-state index in [1.54, 1.807) is 18.4 Å². The van der Waals surface area contributed by atoms with Crippen molar-refractivity contribution in [3.8, 4) is 5.75 Å². The number of thiazole rings is 1. The highest BCUT2D eigenvalue weighted by atomic mass is 32.1. The maximum Gasteiger partial charge on any atom is 0.189 e. The van der Waals surface area contributed by atoms with Crippen LogP contribution in [0, 0.1) is 0 Å². The molecular weight excluding hydrogens is 246 g/mol. The second kappa shape index (κ2) is 5.37. The zero-order valence-electron chi connectivity index (χ0n) is 10.8. The van der Waals surface area contributed by atoms with Gasteiger partial charge in [0.25, 0.3) is 0 Å². The predicted molar refractivity (Wildman–Crippen MR) is 75.8 cm³/mol. The lowest BCUT2D eigenvalue weighted by atomic mass is 10.3. The second-order valence-corrected chi connectivity index (χ2v) is 4.94. The van der Waals surface area contributed by atoms with Gasteiger partial charge in [0.2, 0.25) is 0 Å². The van der Waals surface area contributed by atoms with Crippen molar-refractivity contribution in [2.45, 2.75) is 13.0 Å². The quantitative estimate of drug-likeness (QED) is 0.921. The Morgan fingerprint density at radius 3 is 2.50 bits per heavy atom. The third-order valence-corrected chi connectivity index (χ3v) is 3.66. The standard InChI is InChI=1S/C13H17N3OS/c1-9(14)12-8-18-13(15-12)16(2)10-4-6-11(17-3)7-5-10/h4-9H,14H2,1-3H3. The van der Waals surface area contributed by atoms with E-state index in [0.29, 0.717) is 0 Å². The number of ether oxygens (including phenoxy) is 1. The van der Waals surface area contributed by atoms with E-state index >= 15 is 0 Å². The first-order valence-electron chi connectivity index (χ1n) is 5.70. The van der Waals surface area contributed by atoms with Gasteiger partial charge in [0.05, 0.1) is 12.8 Å². The number of hydrogen-bond donors (Lipinski definition) is 1. The van der Waals surface area contributed by atoms with Gasteiger partial charge in [0, 0.05) is 24.2 Å². The van der Waals surface area contributed by atoms with Crippen LogP contribution in [0.25, 0.3) is 0 Å².